The molecule has 0 aliphatic carbocycles. The highest BCUT2D eigenvalue weighted by molar-refractivity contribution is 6.04. The average molecular weight is 524 g/mol. The molecular weight excluding hydrogens is 493 g/mol. The fraction of sp³-hybridized carbons (Fsp3) is 0.207. The molecule has 0 saturated carbocycles. The summed E-state index contributed by atoms with van der Waals surface area (Å²) in [4.78, 5) is 12.6. The molecule has 0 fully saturated rings. The molecule has 0 aliphatic heterocycles. The summed E-state index contributed by atoms with van der Waals surface area (Å²) < 4.78 is 46.2. The van der Waals surface area contributed by atoms with Gasteiger partial charge in [0.05, 0.1) is 48.3 Å². The lowest BCUT2D eigenvalue weighted by Gasteiger charge is -2.15. The Labute approximate surface area is 221 Å². The maximum absolute atomic E-state index is 14.0. The first-order chi connectivity index (χ1) is 18.4. The van der Waals surface area contributed by atoms with Gasteiger partial charge in [0.2, 0.25) is 5.75 Å². The topological polar surface area (TPSA) is 84.5 Å². The van der Waals surface area contributed by atoms with Crippen LogP contribution in [0.1, 0.15) is 21.5 Å². The number of methoxy groups -OCH3 is 6. The fourth-order valence-electron chi connectivity index (χ4n) is 3.73. The normalized spacial score (nSPS) is 10.9. The van der Waals surface area contributed by atoms with Gasteiger partial charge in [0.1, 0.15) is 0 Å². The summed E-state index contributed by atoms with van der Waals surface area (Å²) in [5, 5.41) is 3.10. The van der Waals surface area contributed by atoms with Gasteiger partial charge in [-0.2, -0.15) is 0 Å². The van der Waals surface area contributed by atoms with Gasteiger partial charge in [-0.25, -0.2) is 4.39 Å². The molecule has 8 nitrogen and oxygen atoms in total. The molecule has 0 bridgehead atoms. The zero-order chi connectivity index (χ0) is 27.7. The molecule has 3 aromatic carbocycles. The van der Waals surface area contributed by atoms with Crippen LogP contribution in [0.4, 0.5) is 10.1 Å². The molecule has 3 aromatic rings. The number of carbonyl (C=O) groups is 1. The van der Waals surface area contributed by atoms with Gasteiger partial charge in [-0.3, -0.25) is 4.79 Å². The van der Waals surface area contributed by atoms with Crippen LogP contribution < -0.4 is 33.7 Å². The molecule has 0 amide bonds. The smallest absolute Gasteiger partial charge is 0.203 e. The summed E-state index contributed by atoms with van der Waals surface area (Å²) in [6.45, 7) is 0. The first-order valence-corrected chi connectivity index (χ1v) is 11.4. The molecule has 38 heavy (non-hydrogen) atoms. The van der Waals surface area contributed by atoms with Gasteiger partial charge in [-0.1, -0.05) is 12.2 Å². The van der Waals surface area contributed by atoms with Gasteiger partial charge >= 0.3 is 0 Å². The first kappa shape index (κ1) is 27.9. The van der Waals surface area contributed by atoms with Gasteiger partial charge in [0.15, 0.2) is 40.3 Å². The van der Waals surface area contributed by atoms with Crippen LogP contribution in [0.25, 0.3) is 12.2 Å². The molecule has 0 atom stereocenters. The number of halogens is 1. The summed E-state index contributed by atoms with van der Waals surface area (Å²) >= 11 is 0. The van der Waals surface area contributed by atoms with Gasteiger partial charge in [0, 0.05) is 23.4 Å². The molecule has 0 aromatic heterocycles. The van der Waals surface area contributed by atoms with Crippen LogP contribution in [0.3, 0.4) is 0 Å². The van der Waals surface area contributed by atoms with Crippen molar-refractivity contribution in [3.05, 3.63) is 77.2 Å². The second kappa shape index (κ2) is 13.0. The predicted molar refractivity (Wildman–Crippen MR) is 145 cm³/mol. The average Bonchev–Trinajstić information content (AvgIpc) is 2.95. The largest absolute Gasteiger partial charge is 0.494 e. The van der Waals surface area contributed by atoms with Crippen molar-refractivity contribution in [3.63, 3.8) is 0 Å². The number of rotatable bonds is 12. The summed E-state index contributed by atoms with van der Waals surface area (Å²) in [6.07, 6.45) is 6.48. The molecule has 0 saturated heterocycles. The third-order valence-corrected chi connectivity index (χ3v) is 5.62. The summed E-state index contributed by atoms with van der Waals surface area (Å²) in [5.74, 6) is 1.52. The van der Waals surface area contributed by atoms with Crippen LogP contribution in [0.15, 0.2) is 54.7 Å². The second-order valence-corrected chi connectivity index (χ2v) is 7.75. The van der Waals surface area contributed by atoms with E-state index in [0.717, 1.165) is 17.2 Å². The van der Waals surface area contributed by atoms with E-state index in [2.05, 4.69) is 5.32 Å². The minimum absolute atomic E-state index is 0.0632. The summed E-state index contributed by atoms with van der Waals surface area (Å²) in [6, 6.07) is 11.3. The number of carbonyl (C=O) groups excluding carboxylic acids is 1. The van der Waals surface area contributed by atoms with Crippen molar-refractivity contribution in [1.82, 2.24) is 0 Å². The number of benzene rings is 3. The Kier molecular flexibility index (Phi) is 9.59. The minimum atomic E-state index is -0.617. The lowest BCUT2D eigenvalue weighted by atomic mass is 10.1. The Morgan fingerprint density at radius 3 is 1.87 bits per heavy atom. The molecule has 1 N–H and O–H groups in total. The number of hydrogen-bond acceptors (Lipinski definition) is 8. The zero-order valence-electron chi connectivity index (χ0n) is 22.1. The van der Waals surface area contributed by atoms with E-state index in [1.165, 1.54) is 45.7 Å². The SMILES string of the molecule is COc1ccc(C(=O)C=CNc2c(C=Cc3cc(OC)c(OC)c(OC)c3)ccc(OC)c2OC)cc1F. The Bertz CT molecular complexity index is 1330. The van der Waals surface area contributed by atoms with Crippen LogP contribution in [-0.2, 0) is 0 Å². The van der Waals surface area contributed by atoms with E-state index in [9.17, 15) is 9.18 Å². The van der Waals surface area contributed by atoms with Crippen molar-refractivity contribution < 1.29 is 37.6 Å². The monoisotopic (exact) mass is 523 g/mol. The Morgan fingerprint density at radius 2 is 1.32 bits per heavy atom. The van der Waals surface area contributed by atoms with Gasteiger partial charge in [0.25, 0.3) is 0 Å². The number of ketones is 1. The van der Waals surface area contributed by atoms with E-state index in [4.69, 9.17) is 28.4 Å². The lowest BCUT2D eigenvalue weighted by Crippen LogP contribution is -2.01. The van der Waals surface area contributed by atoms with Crippen molar-refractivity contribution in [2.45, 2.75) is 0 Å². The molecule has 0 unspecified atom stereocenters. The zero-order valence-corrected chi connectivity index (χ0v) is 22.1. The van der Waals surface area contributed by atoms with E-state index in [-0.39, 0.29) is 11.3 Å². The van der Waals surface area contributed by atoms with Crippen molar-refractivity contribution in [3.8, 4) is 34.5 Å². The Hall–Kier alpha value is -4.66. The van der Waals surface area contributed by atoms with Crippen LogP contribution >= 0.6 is 0 Å². The third-order valence-electron chi connectivity index (χ3n) is 5.62. The molecule has 3 rings (SSSR count). The number of nitrogens with one attached hydrogen (secondary N) is 1. The van der Waals surface area contributed by atoms with E-state index in [1.54, 1.807) is 27.4 Å². The van der Waals surface area contributed by atoms with Gasteiger partial charge in [-0.15, -0.1) is 0 Å². The van der Waals surface area contributed by atoms with Crippen molar-refractivity contribution in [1.29, 1.82) is 0 Å². The van der Waals surface area contributed by atoms with Crippen LogP contribution in [0.5, 0.6) is 34.5 Å². The summed E-state index contributed by atoms with van der Waals surface area (Å²) in [5.41, 5.74) is 2.28. The van der Waals surface area contributed by atoms with Crippen molar-refractivity contribution >= 4 is 23.6 Å². The highest BCUT2D eigenvalue weighted by Crippen LogP contribution is 2.41. The second-order valence-electron chi connectivity index (χ2n) is 7.75. The van der Waals surface area contributed by atoms with Crippen molar-refractivity contribution in [2.24, 2.45) is 0 Å². The molecular formula is C29H30FNO7. The van der Waals surface area contributed by atoms with E-state index < -0.39 is 11.6 Å². The molecule has 200 valence electrons. The Balaban J connectivity index is 1.94. The molecule has 0 aliphatic rings. The highest BCUT2D eigenvalue weighted by Gasteiger charge is 2.15. The highest BCUT2D eigenvalue weighted by atomic mass is 19.1. The number of ether oxygens (including phenoxy) is 6. The standard InChI is InChI=1S/C29H30FNO7/c1-33-23-11-10-20(17-21(23)30)22(32)13-14-31-27-19(9-12-24(34-2)29(27)38-6)8-7-18-15-25(35-3)28(37-5)26(16-18)36-4/h7-17,31H,1-6H3. The van der Waals surface area contributed by atoms with Crippen LogP contribution in [0.2, 0.25) is 0 Å². The first-order valence-electron chi connectivity index (χ1n) is 11.4. The molecule has 0 radical (unpaired) electrons. The van der Waals surface area contributed by atoms with Crippen LogP contribution in [0, 0.1) is 5.82 Å². The number of hydrogen-bond donors (Lipinski definition) is 1. The number of allylic oxidation sites excluding steroid dienone is 1. The maximum Gasteiger partial charge on any atom is 0.203 e. The van der Waals surface area contributed by atoms with Gasteiger partial charge in [-0.05, 0) is 48.0 Å². The predicted octanol–water partition coefficient (Wildman–Crippen LogP) is 5.86. The summed E-state index contributed by atoms with van der Waals surface area (Å²) in [7, 11) is 9.05. The van der Waals surface area contributed by atoms with E-state index >= 15 is 0 Å². The van der Waals surface area contributed by atoms with E-state index in [1.807, 2.05) is 30.4 Å². The van der Waals surface area contributed by atoms with E-state index in [0.29, 0.717) is 34.4 Å². The molecule has 0 spiro atoms. The Morgan fingerprint density at radius 1 is 0.711 bits per heavy atom. The molecule has 9 heteroatoms. The fourth-order valence-corrected chi connectivity index (χ4v) is 3.73. The quantitative estimate of drug-likeness (QED) is 0.180. The third kappa shape index (κ3) is 6.18. The van der Waals surface area contributed by atoms with Crippen LogP contribution in [-0.4, -0.2) is 48.4 Å². The lowest BCUT2D eigenvalue weighted by molar-refractivity contribution is 0.104. The van der Waals surface area contributed by atoms with Crippen molar-refractivity contribution in [2.75, 3.05) is 48.0 Å². The maximum atomic E-state index is 14.0. The number of anilines is 1. The van der Waals surface area contributed by atoms with Gasteiger partial charge < -0.3 is 33.7 Å². The minimum Gasteiger partial charge on any atom is -0.494 e. The molecule has 0 heterocycles.